The molecule has 0 unspecified atom stereocenters. The van der Waals surface area contributed by atoms with E-state index < -0.39 is 6.09 Å². The van der Waals surface area contributed by atoms with Gasteiger partial charge in [-0.2, -0.15) is 0 Å². The van der Waals surface area contributed by atoms with Crippen molar-refractivity contribution in [2.24, 2.45) is 11.3 Å². The molecule has 0 saturated heterocycles. The molecule has 0 spiro atoms. The Morgan fingerprint density at radius 3 is 2.07 bits per heavy atom. The molecule has 0 saturated carbocycles. The van der Waals surface area contributed by atoms with Crippen LogP contribution in [0.5, 0.6) is 0 Å². The Balaban J connectivity index is 4.78. The Kier molecular flexibility index (Phi) is 4.78. The first-order valence-corrected chi connectivity index (χ1v) is 5.22. The van der Waals surface area contributed by atoms with E-state index in [1.807, 2.05) is 20.8 Å². The number of hydrogen-bond donors (Lipinski definition) is 2. The van der Waals surface area contributed by atoms with Crippen LogP contribution in [0.15, 0.2) is 0 Å². The van der Waals surface area contributed by atoms with Crippen LogP contribution >= 0.6 is 0 Å². The Bertz CT molecular complexity index is 243. The third-order valence-corrected chi connectivity index (χ3v) is 2.57. The molecule has 2 atom stereocenters. The molecule has 0 aromatic carbocycles. The highest BCUT2D eigenvalue weighted by Crippen LogP contribution is 2.26. The van der Waals surface area contributed by atoms with Crippen molar-refractivity contribution in [2.75, 3.05) is 0 Å². The minimum Gasteiger partial charge on any atom is -0.465 e. The summed E-state index contributed by atoms with van der Waals surface area (Å²) >= 11 is 0. The minimum absolute atomic E-state index is 0.0867. The van der Waals surface area contributed by atoms with E-state index in [1.165, 1.54) is 0 Å². The second kappa shape index (κ2) is 5.14. The van der Waals surface area contributed by atoms with E-state index in [2.05, 4.69) is 5.32 Å². The Morgan fingerprint density at radius 2 is 1.80 bits per heavy atom. The summed E-state index contributed by atoms with van der Waals surface area (Å²) in [6, 6.07) is -0.345. The molecule has 0 fully saturated rings. The highest BCUT2D eigenvalue weighted by molar-refractivity contribution is 5.81. The van der Waals surface area contributed by atoms with Gasteiger partial charge in [-0.25, -0.2) is 4.79 Å². The van der Waals surface area contributed by atoms with Gasteiger partial charge in [0.15, 0.2) is 0 Å². The van der Waals surface area contributed by atoms with Crippen molar-refractivity contribution >= 4 is 11.9 Å². The normalized spacial score (nSPS) is 15.5. The van der Waals surface area contributed by atoms with Crippen molar-refractivity contribution in [3.63, 3.8) is 0 Å². The average molecular weight is 215 g/mol. The molecule has 1 amide bonds. The van der Waals surface area contributed by atoms with Crippen LogP contribution in [0.2, 0.25) is 0 Å². The third kappa shape index (κ3) is 4.32. The number of ketones is 1. The molecule has 0 bridgehead atoms. The van der Waals surface area contributed by atoms with Gasteiger partial charge in [0.1, 0.15) is 5.78 Å². The van der Waals surface area contributed by atoms with Crippen LogP contribution in [0.4, 0.5) is 4.79 Å². The van der Waals surface area contributed by atoms with Crippen molar-refractivity contribution < 1.29 is 14.7 Å². The number of hydrogen-bond acceptors (Lipinski definition) is 2. The molecule has 0 aromatic rings. The van der Waals surface area contributed by atoms with E-state index in [0.717, 1.165) is 0 Å². The molecule has 4 nitrogen and oxygen atoms in total. The monoisotopic (exact) mass is 215 g/mol. The van der Waals surface area contributed by atoms with E-state index in [1.54, 1.807) is 13.8 Å². The zero-order chi connectivity index (χ0) is 12.2. The summed E-state index contributed by atoms with van der Waals surface area (Å²) in [6.45, 7) is 9.34. The molecule has 0 heterocycles. The Hall–Kier alpha value is -1.06. The van der Waals surface area contributed by atoms with Crippen LogP contribution < -0.4 is 5.32 Å². The van der Waals surface area contributed by atoms with Gasteiger partial charge in [0.2, 0.25) is 0 Å². The Labute approximate surface area is 91.1 Å². The van der Waals surface area contributed by atoms with E-state index in [4.69, 9.17) is 5.11 Å². The molecular weight excluding hydrogens is 194 g/mol. The molecular formula is C11H21NO3. The van der Waals surface area contributed by atoms with Gasteiger partial charge >= 0.3 is 6.09 Å². The molecule has 0 aliphatic heterocycles. The van der Waals surface area contributed by atoms with Crippen LogP contribution in [0.25, 0.3) is 0 Å². The number of amides is 1. The molecule has 15 heavy (non-hydrogen) atoms. The zero-order valence-electron chi connectivity index (χ0n) is 10.1. The van der Waals surface area contributed by atoms with E-state index in [0.29, 0.717) is 6.42 Å². The largest absolute Gasteiger partial charge is 0.465 e. The standard InChI is InChI=1S/C11H21NO3/c1-6-8(13)7(2)9(11(3,4)5)12-10(14)15/h7,9,12H,6H2,1-5H3,(H,14,15)/t7-,9+/m1/s1. The summed E-state index contributed by atoms with van der Waals surface area (Å²) in [6.07, 6.45) is -0.639. The average Bonchev–Trinajstić information content (AvgIpc) is 2.09. The summed E-state index contributed by atoms with van der Waals surface area (Å²) in [5.74, 6) is -0.199. The lowest BCUT2D eigenvalue weighted by Crippen LogP contribution is -2.49. The fraction of sp³-hybridized carbons (Fsp3) is 0.818. The lowest BCUT2D eigenvalue weighted by molar-refractivity contribution is -0.123. The van der Waals surface area contributed by atoms with Gasteiger partial charge < -0.3 is 10.4 Å². The van der Waals surface area contributed by atoms with Crippen molar-refractivity contribution in [2.45, 2.75) is 47.1 Å². The third-order valence-electron chi connectivity index (χ3n) is 2.57. The fourth-order valence-corrected chi connectivity index (χ4v) is 1.73. The van der Waals surface area contributed by atoms with Crippen molar-refractivity contribution in [3.05, 3.63) is 0 Å². The number of rotatable bonds is 4. The highest BCUT2D eigenvalue weighted by atomic mass is 16.4. The highest BCUT2D eigenvalue weighted by Gasteiger charge is 2.33. The molecule has 0 aromatic heterocycles. The van der Waals surface area contributed by atoms with Gasteiger partial charge in [0.05, 0.1) is 0 Å². The quantitative estimate of drug-likeness (QED) is 0.756. The topological polar surface area (TPSA) is 66.4 Å². The first-order valence-electron chi connectivity index (χ1n) is 5.22. The number of carbonyl (C=O) groups excluding carboxylic acids is 1. The van der Waals surface area contributed by atoms with Crippen LogP contribution in [-0.4, -0.2) is 23.0 Å². The Morgan fingerprint density at radius 1 is 1.33 bits per heavy atom. The molecule has 2 N–H and O–H groups in total. The predicted molar refractivity (Wildman–Crippen MR) is 58.9 cm³/mol. The van der Waals surface area contributed by atoms with Crippen LogP contribution in [0, 0.1) is 11.3 Å². The summed E-state index contributed by atoms with van der Waals surface area (Å²) < 4.78 is 0. The number of nitrogens with one attached hydrogen (secondary N) is 1. The molecule has 88 valence electrons. The first-order chi connectivity index (χ1) is 6.70. The summed E-state index contributed by atoms with van der Waals surface area (Å²) in [4.78, 5) is 22.2. The molecule has 0 aliphatic rings. The van der Waals surface area contributed by atoms with E-state index in [9.17, 15) is 9.59 Å². The zero-order valence-corrected chi connectivity index (χ0v) is 10.1. The van der Waals surface area contributed by atoms with Crippen LogP contribution in [-0.2, 0) is 4.79 Å². The second-order valence-electron chi connectivity index (χ2n) is 4.90. The molecule has 4 heteroatoms. The molecule has 0 aliphatic carbocycles. The lowest BCUT2D eigenvalue weighted by Gasteiger charge is -2.34. The fourth-order valence-electron chi connectivity index (χ4n) is 1.73. The SMILES string of the molecule is CCC(=O)[C@@H](C)[C@H](NC(=O)O)C(C)(C)C. The summed E-state index contributed by atoms with van der Waals surface area (Å²) in [7, 11) is 0. The van der Waals surface area contributed by atoms with Gasteiger partial charge in [0.25, 0.3) is 0 Å². The van der Waals surface area contributed by atoms with Gasteiger partial charge in [-0.3, -0.25) is 4.79 Å². The first kappa shape index (κ1) is 13.9. The smallest absolute Gasteiger partial charge is 0.404 e. The summed E-state index contributed by atoms with van der Waals surface area (Å²) in [5.41, 5.74) is -0.261. The van der Waals surface area contributed by atoms with E-state index >= 15 is 0 Å². The van der Waals surface area contributed by atoms with Crippen molar-refractivity contribution in [1.82, 2.24) is 5.32 Å². The van der Waals surface area contributed by atoms with Crippen molar-refractivity contribution in [1.29, 1.82) is 0 Å². The predicted octanol–water partition coefficient (Wildman–Crippen LogP) is 2.28. The molecule has 0 rings (SSSR count). The molecule has 0 radical (unpaired) electrons. The van der Waals surface area contributed by atoms with Crippen LogP contribution in [0.3, 0.4) is 0 Å². The van der Waals surface area contributed by atoms with Gasteiger partial charge in [0, 0.05) is 18.4 Å². The second-order valence-corrected chi connectivity index (χ2v) is 4.90. The summed E-state index contributed by atoms with van der Waals surface area (Å²) in [5, 5.41) is 11.2. The van der Waals surface area contributed by atoms with Gasteiger partial charge in [-0.05, 0) is 5.41 Å². The maximum atomic E-state index is 11.5. The number of Topliss-reactive ketones (excluding diaryl/α,β-unsaturated/α-hetero) is 1. The number of carboxylic acid groups (broad SMARTS) is 1. The van der Waals surface area contributed by atoms with Crippen molar-refractivity contribution in [3.8, 4) is 0 Å². The number of carbonyl (C=O) groups is 2. The minimum atomic E-state index is -1.08. The lowest BCUT2D eigenvalue weighted by atomic mass is 9.77. The van der Waals surface area contributed by atoms with Crippen LogP contribution in [0.1, 0.15) is 41.0 Å². The maximum absolute atomic E-state index is 11.5. The maximum Gasteiger partial charge on any atom is 0.404 e. The van der Waals surface area contributed by atoms with Gasteiger partial charge in [-0.1, -0.05) is 34.6 Å². The van der Waals surface area contributed by atoms with E-state index in [-0.39, 0.29) is 23.2 Å². The van der Waals surface area contributed by atoms with Gasteiger partial charge in [-0.15, -0.1) is 0 Å².